The Morgan fingerprint density at radius 1 is 1.12 bits per heavy atom. The summed E-state index contributed by atoms with van der Waals surface area (Å²) in [5, 5.41) is 9.93. The van der Waals surface area contributed by atoms with E-state index < -0.39 is 6.23 Å². The van der Waals surface area contributed by atoms with Gasteiger partial charge in [-0.15, -0.1) is 0 Å². The molecule has 1 heterocycles. The molecule has 0 fully saturated rings. The van der Waals surface area contributed by atoms with Crippen LogP contribution in [0.1, 0.15) is 12.5 Å². The second-order valence-electron chi connectivity index (χ2n) is 3.98. The fourth-order valence-electron chi connectivity index (χ4n) is 1.85. The van der Waals surface area contributed by atoms with E-state index >= 15 is 0 Å². The maximum absolute atomic E-state index is 9.93. The van der Waals surface area contributed by atoms with Gasteiger partial charge in [-0.3, -0.25) is 4.90 Å². The summed E-state index contributed by atoms with van der Waals surface area (Å²) in [4.78, 5) is 6.10. The van der Waals surface area contributed by atoms with E-state index in [-0.39, 0.29) is 0 Å². The van der Waals surface area contributed by atoms with E-state index in [0.29, 0.717) is 0 Å². The van der Waals surface area contributed by atoms with E-state index in [2.05, 4.69) is 4.98 Å². The number of rotatable bonds is 3. The topological polar surface area (TPSA) is 36.4 Å². The SMILES string of the molecule is Cc1ccccc1N(c1ccccn1)C(C)O. The molecule has 2 aromatic rings. The van der Waals surface area contributed by atoms with Crippen LogP contribution in [0.2, 0.25) is 0 Å². The molecule has 0 aliphatic heterocycles. The first kappa shape index (κ1) is 11.6. The standard InChI is InChI=1S/C14H16N2O/c1-11-7-3-4-8-13(11)16(12(2)17)14-9-5-6-10-15-14/h3-10,12,17H,1-2H3. The van der Waals surface area contributed by atoms with Crippen molar-refractivity contribution in [3.63, 3.8) is 0 Å². The Morgan fingerprint density at radius 2 is 1.82 bits per heavy atom. The van der Waals surface area contributed by atoms with Gasteiger partial charge >= 0.3 is 0 Å². The molecule has 0 aliphatic carbocycles. The molecule has 1 atom stereocenters. The summed E-state index contributed by atoms with van der Waals surface area (Å²) in [6, 6.07) is 13.6. The van der Waals surface area contributed by atoms with Crippen molar-refractivity contribution in [3.05, 3.63) is 54.2 Å². The van der Waals surface area contributed by atoms with E-state index in [1.165, 1.54) is 0 Å². The number of aliphatic hydroxyl groups is 1. The number of hydrogen-bond donors (Lipinski definition) is 1. The lowest BCUT2D eigenvalue weighted by atomic mass is 10.1. The Bertz CT molecular complexity index is 483. The van der Waals surface area contributed by atoms with Gasteiger partial charge in [-0.1, -0.05) is 24.3 Å². The largest absolute Gasteiger partial charge is 0.373 e. The van der Waals surface area contributed by atoms with Crippen molar-refractivity contribution in [2.75, 3.05) is 4.90 Å². The van der Waals surface area contributed by atoms with E-state index in [1.54, 1.807) is 13.1 Å². The van der Waals surface area contributed by atoms with E-state index in [0.717, 1.165) is 17.1 Å². The molecule has 1 aromatic carbocycles. The van der Waals surface area contributed by atoms with E-state index in [1.807, 2.05) is 54.3 Å². The molecule has 0 amide bonds. The Labute approximate surface area is 101 Å². The number of aromatic nitrogens is 1. The molecule has 0 radical (unpaired) electrons. The zero-order valence-corrected chi connectivity index (χ0v) is 10.0. The Kier molecular flexibility index (Phi) is 3.40. The van der Waals surface area contributed by atoms with Gasteiger partial charge in [0, 0.05) is 11.9 Å². The van der Waals surface area contributed by atoms with Crippen LogP contribution in [-0.4, -0.2) is 16.3 Å². The summed E-state index contributed by atoms with van der Waals surface area (Å²) >= 11 is 0. The van der Waals surface area contributed by atoms with Crippen molar-refractivity contribution in [1.29, 1.82) is 0 Å². The number of aliphatic hydroxyl groups excluding tert-OH is 1. The maximum Gasteiger partial charge on any atom is 0.135 e. The molecule has 88 valence electrons. The van der Waals surface area contributed by atoms with Gasteiger partial charge in [-0.05, 0) is 37.6 Å². The van der Waals surface area contributed by atoms with Gasteiger partial charge in [-0.2, -0.15) is 0 Å². The monoisotopic (exact) mass is 228 g/mol. The van der Waals surface area contributed by atoms with Crippen molar-refractivity contribution in [3.8, 4) is 0 Å². The first-order valence-electron chi connectivity index (χ1n) is 5.64. The predicted molar refractivity (Wildman–Crippen MR) is 69.2 cm³/mol. The molecular formula is C14H16N2O. The van der Waals surface area contributed by atoms with Crippen molar-refractivity contribution < 1.29 is 5.11 Å². The minimum atomic E-state index is -0.619. The molecule has 2 rings (SSSR count). The van der Waals surface area contributed by atoms with Crippen LogP contribution in [-0.2, 0) is 0 Å². The van der Waals surface area contributed by atoms with Crippen molar-refractivity contribution in [1.82, 2.24) is 4.98 Å². The van der Waals surface area contributed by atoms with Gasteiger partial charge in [0.05, 0.1) is 0 Å². The summed E-state index contributed by atoms with van der Waals surface area (Å²) in [6.45, 7) is 3.76. The van der Waals surface area contributed by atoms with Crippen LogP contribution in [0.25, 0.3) is 0 Å². The Hall–Kier alpha value is -1.87. The molecule has 3 nitrogen and oxygen atoms in total. The first-order chi connectivity index (χ1) is 8.20. The van der Waals surface area contributed by atoms with Gasteiger partial charge in [-0.25, -0.2) is 4.98 Å². The Morgan fingerprint density at radius 3 is 2.41 bits per heavy atom. The van der Waals surface area contributed by atoms with Crippen LogP contribution in [0.15, 0.2) is 48.7 Å². The second kappa shape index (κ2) is 4.97. The lowest BCUT2D eigenvalue weighted by molar-refractivity contribution is 0.200. The van der Waals surface area contributed by atoms with Gasteiger partial charge in [0.2, 0.25) is 0 Å². The summed E-state index contributed by atoms with van der Waals surface area (Å²) < 4.78 is 0. The molecule has 0 spiro atoms. The fourth-order valence-corrected chi connectivity index (χ4v) is 1.85. The molecule has 0 saturated heterocycles. The third-order valence-corrected chi connectivity index (χ3v) is 2.64. The minimum Gasteiger partial charge on any atom is -0.373 e. The number of pyridine rings is 1. The van der Waals surface area contributed by atoms with Crippen molar-refractivity contribution in [2.45, 2.75) is 20.1 Å². The average Bonchev–Trinajstić information content (AvgIpc) is 2.33. The van der Waals surface area contributed by atoms with Crippen LogP contribution in [0.5, 0.6) is 0 Å². The minimum absolute atomic E-state index is 0.619. The van der Waals surface area contributed by atoms with Crippen LogP contribution in [0.4, 0.5) is 11.5 Å². The predicted octanol–water partition coefficient (Wildman–Crippen LogP) is 2.87. The maximum atomic E-state index is 9.93. The lowest BCUT2D eigenvalue weighted by Crippen LogP contribution is -2.29. The Balaban J connectivity index is 2.47. The average molecular weight is 228 g/mol. The quantitative estimate of drug-likeness (QED) is 0.821. The molecular weight excluding hydrogens is 212 g/mol. The summed E-state index contributed by atoms with van der Waals surface area (Å²) in [5.41, 5.74) is 2.08. The van der Waals surface area contributed by atoms with Crippen LogP contribution in [0, 0.1) is 6.92 Å². The second-order valence-corrected chi connectivity index (χ2v) is 3.98. The number of anilines is 2. The number of para-hydroxylation sites is 1. The van der Waals surface area contributed by atoms with Gasteiger partial charge in [0.15, 0.2) is 0 Å². The van der Waals surface area contributed by atoms with E-state index in [4.69, 9.17) is 0 Å². The normalized spacial score (nSPS) is 12.2. The lowest BCUT2D eigenvalue weighted by Gasteiger charge is -2.28. The highest BCUT2D eigenvalue weighted by Crippen LogP contribution is 2.27. The molecule has 1 unspecified atom stereocenters. The highest BCUT2D eigenvalue weighted by molar-refractivity contribution is 5.63. The molecule has 3 heteroatoms. The smallest absolute Gasteiger partial charge is 0.135 e. The molecule has 1 aromatic heterocycles. The summed E-state index contributed by atoms with van der Waals surface area (Å²) in [5.74, 6) is 0.747. The first-order valence-corrected chi connectivity index (χ1v) is 5.64. The summed E-state index contributed by atoms with van der Waals surface area (Å²) in [7, 11) is 0. The van der Waals surface area contributed by atoms with Crippen molar-refractivity contribution in [2.24, 2.45) is 0 Å². The van der Waals surface area contributed by atoms with Gasteiger partial charge < -0.3 is 5.11 Å². The van der Waals surface area contributed by atoms with Crippen LogP contribution in [0.3, 0.4) is 0 Å². The highest BCUT2D eigenvalue weighted by Gasteiger charge is 2.16. The van der Waals surface area contributed by atoms with Gasteiger partial charge in [0.1, 0.15) is 12.0 Å². The molecule has 17 heavy (non-hydrogen) atoms. The number of nitrogens with zero attached hydrogens (tertiary/aromatic N) is 2. The molecule has 0 bridgehead atoms. The van der Waals surface area contributed by atoms with Crippen molar-refractivity contribution >= 4 is 11.5 Å². The zero-order chi connectivity index (χ0) is 12.3. The van der Waals surface area contributed by atoms with Crippen LogP contribution >= 0.6 is 0 Å². The molecule has 0 saturated carbocycles. The fraction of sp³-hybridized carbons (Fsp3) is 0.214. The summed E-state index contributed by atoms with van der Waals surface area (Å²) in [6.07, 6.45) is 1.11. The third-order valence-electron chi connectivity index (χ3n) is 2.64. The highest BCUT2D eigenvalue weighted by atomic mass is 16.3. The molecule has 1 N–H and O–H groups in total. The van der Waals surface area contributed by atoms with Gasteiger partial charge in [0.25, 0.3) is 0 Å². The number of hydrogen-bond acceptors (Lipinski definition) is 3. The molecule has 0 aliphatic rings. The number of aryl methyl sites for hydroxylation is 1. The zero-order valence-electron chi connectivity index (χ0n) is 10.0. The number of benzene rings is 1. The van der Waals surface area contributed by atoms with E-state index in [9.17, 15) is 5.11 Å². The van der Waals surface area contributed by atoms with Crippen LogP contribution < -0.4 is 4.90 Å². The third kappa shape index (κ3) is 2.45.